The van der Waals surface area contributed by atoms with Crippen LogP contribution in [0, 0.1) is 23.4 Å². The standard InChI is InChI=1S/C36H28F8N6O4/c1-15(51)20-8-17(3-4-24(20)39)21-11-26-32(54-33(46-26)49-13-34(2,53)14-49)47-29(21)25(7-16-5-18(37)9-19(38)6-16)45-27(52)12-50-31-28(30(48-50)36(42,43)44)22-10-23(22)35(31,40)41/h3-6,8-9,11,22-23,25,53H,7,10,12-14H2,1-2H3,(H,45,52)/t22-,23+,25-/m0/s1. The van der Waals surface area contributed by atoms with Gasteiger partial charge in [0.1, 0.15) is 35.2 Å². The minimum Gasteiger partial charge on any atom is -0.404 e. The number of carbonyl (C=O) groups excluding carboxylic acids is 2. The Kier molecular flexibility index (Phi) is 7.96. The van der Waals surface area contributed by atoms with E-state index < -0.39 is 94.6 Å². The van der Waals surface area contributed by atoms with Gasteiger partial charge in [0.15, 0.2) is 11.5 Å². The number of ketones is 1. The molecule has 18 heteroatoms. The van der Waals surface area contributed by atoms with Gasteiger partial charge < -0.3 is 19.7 Å². The van der Waals surface area contributed by atoms with Crippen LogP contribution < -0.4 is 10.2 Å². The van der Waals surface area contributed by atoms with Gasteiger partial charge in [-0.15, -0.1) is 0 Å². The Bertz CT molecular complexity index is 2360. The smallest absolute Gasteiger partial charge is 0.404 e. The third-order valence-electron chi connectivity index (χ3n) is 9.91. The molecule has 5 aromatic rings. The van der Waals surface area contributed by atoms with Crippen molar-refractivity contribution in [3.05, 3.63) is 93.7 Å². The van der Waals surface area contributed by atoms with Crippen molar-refractivity contribution in [2.75, 3.05) is 18.0 Å². The molecule has 0 unspecified atom stereocenters. The highest BCUT2D eigenvalue weighted by atomic mass is 19.4. The van der Waals surface area contributed by atoms with Crippen molar-refractivity contribution in [1.29, 1.82) is 0 Å². The average molecular weight is 761 g/mol. The lowest BCUT2D eigenvalue weighted by Gasteiger charge is -2.42. The van der Waals surface area contributed by atoms with Crippen LogP contribution in [0.5, 0.6) is 0 Å². The maximum absolute atomic E-state index is 15.3. The average Bonchev–Trinajstić information content (AvgIpc) is 3.51. The number of aromatic nitrogens is 4. The lowest BCUT2D eigenvalue weighted by Crippen LogP contribution is -2.60. The van der Waals surface area contributed by atoms with E-state index in [2.05, 4.69) is 20.4 Å². The van der Waals surface area contributed by atoms with E-state index in [1.165, 1.54) is 18.2 Å². The Morgan fingerprint density at radius 3 is 2.41 bits per heavy atom. The molecule has 1 aliphatic heterocycles. The van der Waals surface area contributed by atoms with Gasteiger partial charge in [-0.1, -0.05) is 6.07 Å². The number of hydrogen-bond donors (Lipinski definition) is 2. The zero-order valence-corrected chi connectivity index (χ0v) is 28.2. The van der Waals surface area contributed by atoms with E-state index in [0.717, 1.165) is 25.1 Å². The first-order chi connectivity index (χ1) is 25.3. The third-order valence-corrected chi connectivity index (χ3v) is 9.91. The molecule has 1 saturated heterocycles. The number of hydrogen-bond acceptors (Lipinski definition) is 8. The summed E-state index contributed by atoms with van der Waals surface area (Å²) in [4.78, 5) is 36.7. The lowest BCUT2D eigenvalue weighted by atomic mass is 9.93. The molecule has 282 valence electrons. The molecule has 1 saturated carbocycles. The Hall–Kier alpha value is -5.39. The quantitative estimate of drug-likeness (QED) is 0.127. The van der Waals surface area contributed by atoms with Crippen LogP contribution >= 0.6 is 0 Å². The fourth-order valence-electron chi connectivity index (χ4n) is 7.52. The van der Waals surface area contributed by atoms with E-state index in [1.807, 2.05) is 0 Å². The molecule has 2 aromatic carbocycles. The molecule has 10 nitrogen and oxygen atoms in total. The van der Waals surface area contributed by atoms with Crippen LogP contribution in [0.2, 0.25) is 0 Å². The number of nitrogens with one attached hydrogen (secondary N) is 1. The molecule has 1 amide bonds. The van der Waals surface area contributed by atoms with Gasteiger partial charge in [0.05, 0.1) is 36.0 Å². The largest absolute Gasteiger partial charge is 0.435 e. The zero-order valence-electron chi connectivity index (χ0n) is 28.2. The third kappa shape index (κ3) is 6.15. The van der Waals surface area contributed by atoms with E-state index in [4.69, 9.17) is 4.42 Å². The minimum atomic E-state index is -5.08. The highest BCUT2D eigenvalue weighted by Gasteiger charge is 2.68. The summed E-state index contributed by atoms with van der Waals surface area (Å²) in [5.74, 6) is -10.6. The fraction of sp³-hybridized carbons (Fsp3) is 0.361. The highest BCUT2D eigenvalue weighted by Crippen LogP contribution is 2.68. The first-order valence-corrected chi connectivity index (χ1v) is 16.7. The predicted octanol–water partition coefficient (Wildman–Crippen LogP) is 6.61. The molecule has 0 spiro atoms. The van der Waals surface area contributed by atoms with Crippen molar-refractivity contribution in [1.82, 2.24) is 25.1 Å². The Morgan fingerprint density at radius 1 is 1.06 bits per heavy atom. The molecule has 0 radical (unpaired) electrons. The fourth-order valence-corrected chi connectivity index (χ4v) is 7.52. The minimum absolute atomic E-state index is 0.0128. The number of rotatable bonds is 9. The summed E-state index contributed by atoms with van der Waals surface area (Å²) < 4.78 is 122. The van der Waals surface area contributed by atoms with Gasteiger partial charge >= 0.3 is 6.18 Å². The summed E-state index contributed by atoms with van der Waals surface area (Å²) in [6.45, 7) is 1.98. The normalized spacial score (nSPS) is 20.0. The lowest BCUT2D eigenvalue weighted by molar-refractivity contribution is -0.142. The van der Waals surface area contributed by atoms with Crippen LogP contribution in [0.25, 0.3) is 22.4 Å². The van der Waals surface area contributed by atoms with Crippen LogP contribution in [-0.4, -0.2) is 55.2 Å². The number of anilines is 1. The molecule has 2 fully saturated rings. The number of amides is 1. The topological polar surface area (TPSA) is 126 Å². The summed E-state index contributed by atoms with van der Waals surface area (Å²) in [5.41, 5.74) is -4.19. The summed E-state index contributed by atoms with van der Waals surface area (Å²) >= 11 is 0. The van der Waals surface area contributed by atoms with Crippen LogP contribution in [0.1, 0.15) is 70.8 Å². The number of aliphatic hydroxyl groups is 1. The maximum Gasteiger partial charge on any atom is 0.435 e. The molecule has 3 atom stereocenters. The van der Waals surface area contributed by atoms with Gasteiger partial charge in [0.25, 0.3) is 11.9 Å². The number of pyridine rings is 1. The van der Waals surface area contributed by atoms with Crippen LogP contribution in [0.3, 0.4) is 0 Å². The molecular weight excluding hydrogens is 732 g/mol. The van der Waals surface area contributed by atoms with Gasteiger partial charge in [-0.05, 0) is 74.1 Å². The summed E-state index contributed by atoms with van der Waals surface area (Å²) in [6.07, 6.45) is -5.64. The van der Waals surface area contributed by atoms with Crippen molar-refractivity contribution in [3.63, 3.8) is 0 Å². The summed E-state index contributed by atoms with van der Waals surface area (Å²) in [5, 5.41) is 16.2. The van der Waals surface area contributed by atoms with Crippen molar-refractivity contribution < 1.29 is 54.2 Å². The molecule has 3 aliphatic rings. The van der Waals surface area contributed by atoms with Crippen LogP contribution in [0.15, 0.2) is 46.9 Å². The van der Waals surface area contributed by atoms with Gasteiger partial charge in [0, 0.05) is 23.1 Å². The molecule has 2 aliphatic carbocycles. The van der Waals surface area contributed by atoms with E-state index in [9.17, 15) is 41.0 Å². The second-order valence-corrected chi connectivity index (χ2v) is 14.3. The van der Waals surface area contributed by atoms with Gasteiger partial charge in [-0.3, -0.25) is 14.3 Å². The maximum atomic E-state index is 15.3. The predicted molar refractivity (Wildman–Crippen MR) is 173 cm³/mol. The number of benzene rings is 2. The van der Waals surface area contributed by atoms with Gasteiger partial charge in [0.2, 0.25) is 11.6 Å². The van der Waals surface area contributed by atoms with E-state index >= 15 is 8.78 Å². The first kappa shape index (κ1) is 35.6. The molecule has 2 N–H and O–H groups in total. The Morgan fingerprint density at radius 2 is 1.76 bits per heavy atom. The Labute approximate surface area is 299 Å². The number of β-amino-alcohol motifs (C(OH)–C–C–N with tert-alkyl or cyclic N) is 1. The zero-order chi connectivity index (χ0) is 38.6. The summed E-state index contributed by atoms with van der Waals surface area (Å²) in [6, 6.07) is 6.21. The second kappa shape index (κ2) is 12.1. The number of fused-ring (bicyclic) bond motifs is 4. The van der Waals surface area contributed by atoms with Crippen molar-refractivity contribution >= 4 is 28.9 Å². The summed E-state index contributed by atoms with van der Waals surface area (Å²) in [7, 11) is 0. The van der Waals surface area contributed by atoms with Crippen LogP contribution in [0.4, 0.5) is 41.1 Å². The monoisotopic (exact) mass is 760 g/mol. The molecular formula is C36H28F8N6O4. The number of oxazole rings is 1. The number of nitrogens with zero attached hydrogens (tertiary/aromatic N) is 5. The second-order valence-electron chi connectivity index (χ2n) is 14.3. The highest BCUT2D eigenvalue weighted by molar-refractivity contribution is 5.96. The van der Waals surface area contributed by atoms with E-state index in [1.54, 1.807) is 11.8 Å². The SMILES string of the molecule is CC(=O)c1cc(-c2cc3nc(N4CC(C)(O)C4)oc3nc2[C@H](Cc2cc(F)cc(F)c2)NC(=O)Cn2nc(C(F)(F)F)c3c2C(F)(F)[C@@H]2C[C@H]32)ccc1F. The van der Waals surface area contributed by atoms with Crippen molar-refractivity contribution in [2.24, 2.45) is 5.92 Å². The molecule has 0 bridgehead atoms. The van der Waals surface area contributed by atoms with Crippen LogP contribution in [-0.2, 0) is 29.9 Å². The van der Waals surface area contributed by atoms with Gasteiger partial charge in [-0.2, -0.15) is 32.0 Å². The Balaban J connectivity index is 1.24. The van der Waals surface area contributed by atoms with Crippen molar-refractivity contribution in [2.45, 2.75) is 62.9 Å². The van der Waals surface area contributed by atoms with E-state index in [0.29, 0.717) is 10.7 Å². The molecule has 4 heterocycles. The number of halogens is 8. The van der Waals surface area contributed by atoms with Crippen molar-refractivity contribution in [3.8, 4) is 11.1 Å². The number of Topliss-reactive ketones (excluding diaryl/α,β-unsaturated/α-hetero) is 1. The number of carbonyl (C=O) groups is 2. The van der Waals surface area contributed by atoms with Gasteiger partial charge in [-0.25, -0.2) is 18.2 Å². The van der Waals surface area contributed by atoms with E-state index in [-0.39, 0.29) is 64.7 Å². The molecule has 8 rings (SSSR count). The molecule has 54 heavy (non-hydrogen) atoms. The molecule has 3 aromatic heterocycles. The number of alkyl halides is 5. The first-order valence-electron chi connectivity index (χ1n) is 16.7.